The maximum atomic E-state index is 13.2. The van der Waals surface area contributed by atoms with Crippen molar-refractivity contribution in [1.82, 2.24) is 9.97 Å². The van der Waals surface area contributed by atoms with Gasteiger partial charge in [0.25, 0.3) is 5.91 Å². The Labute approximate surface area is 191 Å². The SMILES string of the molecule is CC(O)CN(C(=O)c1c(Cl)ncnc1Cl)c1ccc(C2CCC(CC(=O)O)CC2)cc1. The topological polar surface area (TPSA) is 104 Å². The van der Waals surface area contributed by atoms with Gasteiger partial charge in [0.1, 0.15) is 22.2 Å². The summed E-state index contributed by atoms with van der Waals surface area (Å²) in [6.45, 7) is 1.65. The van der Waals surface area contributed by atoms with Gasteiger partial charge in [-0.25, -0.2) is 9.97 Å². The minimum atomic E-state index is -0.768. The van der Waals surface area contributed by atoms with Crippen LogP contribution in [0.25, 0.3) is 0 Å². The van der Waals surface area contributed by atoms with Crippen LogP contribution in [0, 0.1) is 5.92 Å². The largest absolute Gasteiger partial charge is 0.481 e. The molecule has 7 nitrogen and oxygen atoms in total. The van der Waals surface area contributed by atoms with Gasteiger partial charge in [0, 0.05) is 12.1 Å². The second kappa shape index (κ2) is 10.4. The van der Waals surface area contributed by atoms with Crippen molar-refractivity contribution in [2.75, 3.05) is 11.4 Å². The molecule has 31 heavy (non-hydrogen) atoms. The molecule has 9 heteroatoms. The van der Waals surface area contributed by atoms with Gasteiger partial charge in [0.05, 0.1) is 12.6 Å². The normalized spacial score (nSPS) is 19.6. The Morgan fingerprint density at radius 1 is 1.10 bits per heavy atom. The number of carbonyl (C=O) groups excluding carboxylic acids is 1. The second-order valence-corrected chi connectivity index (χ2v) is 8.72. The molecule has 1 fully saturated rings. The van der Waals surface area contributed by atoms with E-state index in [0.717, 1.165) is 31.2 Å². The third kappa shape index (κ3) is 5.93. The Kier molecular flexibility index (Phi) is 7.86. The number of rotatable bonds is 7. The van der Waals surface area contributed by atoms with Gasteiger partial charge in [-0.1, -0.05) is 35.3 Å². The minimum absolute atomic E-state index is 0.00712. The van der Waals surface area contributed by atoms with Gasteiger partial charge in [-0.15, -0.1) is 0 Å². The number of halogens is 2. The summed E-state index contributed by atoms with van der Waals surface area (Å²) < 4.78 is 0. The van der Waals surface area contributed by atoms with Crippen molar-refractivity contribution in [3.63, 3.8) is 0 Å². The summed E-state index contributed by atoms with van der Waals surface area (Å²) in [7, 11) is 0. The predicted octanol–water partition coefficient (Wildman–Crippen LogP) is 4.56. The fraction of sp³-hybridized carbons (Fsp3) is 0.455. The highest BCUT2D eigenvalue weighted by molar-refractivity contribution is 6.39. The van der Waals surface area contributed by atoms with Crippen molar-refractivity contribution >= 4 is 40.8 Å². The van der Waals surface area contributed by atoms with Crippen molar-refractivity contribution in [2.45, 2.75) is 51.0 Å². The van der Waals surface area contributed by atoms with Crippen LogP contribution in [0.5, 0.6) is 0 Å². The summed E-state index contributed by atoms with van der Waals surface area (Å²) in [5, 5.41) is 18.8. The van der Waals surface area contributed by atoms with Crippen molar-refractivity contribution in [3.8, 4) is 0 Å². The highest BCUT2D eigenvalue weighted by atomic mass is 35.5. The molecule has 0 bridgehead atoms. The third-order valence-electron chi connectivity index (χ3n) is 5.65. The summed E-state index contributed by atoms with van der Waals surface area (Å²) in [4.78, 5) is 33.2. The molecule has 0 aliphatic heterocycles. The molecular formula is C22H25Cl2N3O4. The fourth-order valence-corrected chi connectivity index (χ4v) is 4.58. The van der Waals surface area contributed by atoms with Crippen molar-refractivity contribution in [2.24, 2.45) is 5.92 Å². The van der Waals surface area contributed by atoms with E-state index in [2.05, 4.69) is 9.97 Å². The highest BCUT2D eigenvalue weighted by Gasteiger charge is 2.27. The first kappa shape index (κ1) is 23.4. The van der Waals surface area contributed by atoms with Gasteiger partial charge in [0.2, 0.25) is 0 Å². The number of nitrogens with zero attached hydrogens (tertiary/aromatic N) is 3. The minimum Gasteiger partial charge on any atom is -0.481 e. The van der Waals surface area contributed by atoms with Gasteiger partial charge in [-0.05, 0) is 62.1 Å². The van der Waals surface area contributed by atoms with E-state index in [1.807, 2.05) is 24.3 Å². The fourth-order valence-electron chi connectivity index (χ4n) is 4.10. The van der Waals surface area contributed by atoms with E-state index in [0.29, 0.717) is 11.6 Å². The molecule has 1 unspecified atom stereocenters. The lowest BCUT2D eigenvalue weighted by atomic mass is 9.77. The van der Waals surface area contributed by atoms with Crippen molar-refractivity contribution in [1.29, 1.82) is 0 Å². The molecule has 1 aliphatic carbocycles. The number of carbonyl (C=O) groups is 2. The zero-order valence-electron chi connectivity index (χ0n) is 17.2. The van der Waals surface area contributed by atoms with E-state index in [4.69, 9.17) is 28.3 Å². The summed E-state index contributed by atoms with van der Waals surface area (Å²) in [5.74, 6) is -0.612. The average Bonchev–Trinajstić information content (AvgIpc) is 2.72. The first-order chi connectivity index (χ1) is 14.8. The first-order valence-corrected chi connectivity index (χ1v) is 11.0. The number of amides is 1. The summed E-state index contributed by atoms with van der Waals surface area (Å²) in [6.07, 6.45) is 4.33. The lowest BCUT2D eigenvalue weighted by molar-refractivity contribution is -0.138. The van der Waals surface area contributed by atoms with Gasteiger partial charge in [0.15, 0.2) is 0 Å². The number of anilines is 1. The molecule has 1 aromatic carbocycles. The zero-order valence-corrected chi connectivity index (χ0v) is 18.7. The molecule has 2 aromatic rings. The summed E-state index contributed by atoms with van der Waals surface area (Å²) >= 11 is 12.2. The van der Waals surface area contributed by atoms with Crippen molar-refractivity contribution in [3.05, 3.63) is 52.0 Å². The lowest BCUT2D eigenvalue weighted by Gasteiger charge is -2.29. The van der Waals surface area contributed by atoms with Crippen LogP contribution in [-0.2, 0) is 4.79 Å². The van der Waals surface area contributed by atoms with E-state index in [1.165, 1.54) is 11.2 Å². The number of hydrogen-bond donors (Lipinski definition) is 2. The Bertz CT molecular complexity index is 909. The lowest BCUT2D eigenvalue weighted by Crippen LogP contribution is -2.37. The summed E-state index contributed by atoms with van der Waals surface area (Å²) in [5.41, 5.74) is 1.75. The Morgan fingerprint density at radius 3 is 2.19 bits per heavy atom. The van der Waals surface area contributed by atoms with Gasteiger partial charge < -0.3 is 15.1 Å². The highest BCUT2D eigenvalue weighted by Crippen LogP contribution is 2.37. The van der Waals surface area contributed by atoms with Crippen LogP contribution >= 0.6 is 23.2 Å². The van der Waals surface area contributed by atoms with Crippen LogP contribution < -0.4 is 4.90 Å². The molecular weight excluding hydrogens is 441 g/mol. The number of hydrogen-bond acceptors (Lipinski definition) is 5. The number of aliphatic carboxylic acids is 1. The standard InChI is InChI=1S/C22H25Cl2N3O4/c1-13(28)11-27(22(31)19-20(23)25-12-26-21(19)24)17-8-6-16(7-9-17)15-4-2-14(3-5-15)10-18(29)30/h6-9,12-15,28H,2-5,10-11H2,1H3,(H,29,30). The second-order valence-electron chi connectivity index (χ2n) is 8.00. The summed E-state index contributed by atoms with van der Waals surface area (Å²) in [6, 6.07) is 7.63. The molecule has 0 radical (unpaired) electrons. The molecule has 166 valence electrons. The Morgan fingerprint density at radius 2 is 1.68 bits per heavy atom. The Balaban J connectivity index is 1.77. The van der Waals surface area contributed by atoms with E-state index < -0.39 is 18.0 Å². The van der Waals surface area contributed by atoms with E-state index in [9.17, 15) is 14.7 Å². The molecule has 2 N–H and O–H groups in total. The van der Waals surface area contributed by atoms with Gasteiger partial charge in [-0.3, -0.25) is 9.59 Å². The number of aliphatic hydroxyl groups excluding tert-OH is 1. The van der Waals surface area contributed by atoms with E-state index in [-0.39, 0.29) is 34.8 Å². The first-order valence-electron chi connectivity index (χ1n) is 10.2. The Hall–Kier alpha value is -2.22. The number of carboxylic acids is 1. The zero-order chi connectivity index (χ0) is 22.5. The number of carboxylic acid groups (broad SMARTS) is 1. The molecule has 0 saturated heterocycles. The smallest absolute Gasteiger partial charge is 0.303 e. The molecule has 0 spiro atoms. The number of benzene rings is 1. The number of aromatic nitrogens is 2. The molecule has 1 heterocycles. The van der Waals surface area contributed by atoms with Gasteiger partial charge >= 0.3 is 5.97 Å². The van der Waals surface area contributed by atoms with E-state index >= 15 is 0 Å². The quantitative estimate of drug-likeness (QED) is 0.580. The maximum absolute atomic E-state index is 13.2. The van der Waals surface area contributed by atoms with Crippen LogP contribution in [0.15, 0.2) is 30.6 Å². The van der Waals surface area contributed by atoms with Crippen molar-refractivity contribution < 1.29 is 19.8 Å². The van der Waals surface area contributed by atoms with Crippen LogP contribution in [0.2, 0.25) is 10.3 Å². The maximum Gasteiger partial charge on any atom is 0.303 e. The number of aliphatic hydroxyl groups is 1. The molecule has 1 atom stereocenters. The third-order valence-corrected chi connectivity index (χ3v) is 6.22. The predicted molar refractivity (Wildman–Crippen MR) is 119 cm³/mol. The average molecular weight is 466 g/mol. The van der Waals surface area contributed by atoms with Crippen LogP contribution in [0.1, 0.15) is 60.9 Å². The van der Waals surface area contributed by atoms with Crippen LogP contribution in [0.4, 0.5) is 5.69 Å². The molecule has 1 saturated carbocycles. The monoisotopic (exact) mass is 465 g/mol. The molecule has 1 aromatic heterocycles. The van der Waals surface area contributed by atoms with E-state index in [1.54, 1.807) is 6.92 Å². The molecule has 3 rings (SSSR count). The molecule has 1 amide bonds. The van der Waals surface area contributed by atoms with Crippen LogP contribution in [0.3, 0.4) is 0 Å². The van der Waals surface area contributed by atoms with Crippen LogP contribution in [-0.4, -0.2) is 44.7 Å². The van der Waals surface area contributed by atoms with Gasteiger partial charge in [-0.2, -0.15) is 0 Å². The molecule has 1 aliphatic rings.